The third kappa shape index (κ3) is 2.86. The Morgan fingerprint density at radius 3 is 2.75 bits per heavy atom. The van der Waals surface area contributed by atoms with Crippen molar-refractivity contribution in [2.24, 2.45) is 5.73 Å². The summed E-state index contributed by atoms with van der Waals surface area (Å²) < 4.78 is 0. The molecule has 3 N–H and O–H groups in total. The second-order valence-corrected chi connectivity index (χ2v) is 4.71. The van der Waals surface area contributed by atoms with Crippen molar-refractivity contribution in [3.63, 3.8) is 0 Å². The van der Waals surface area contributed by atoms with E-state index in [0.717, 1.165) is 58.5 Å². The molecule has 5 heteroatoms. The van der Waals surface area contributed by atoms with E-state index in [9.17, 15) is 4.79 Å². The second kappa shape index (κ2) is 5.50. The van der Waals surface area contributed by atoms with Crippen LogP contribution in [0.1, 0.15) is 19.3 Å². The van der Waals surface area contributed by atoms with Crippen molar-refractivity contribution in [2.45, 2.75) is 25.3 Å². The van der Waals surface area contributed by atoms with Gasteiger partial charge in [0.05, 0.1) is 0 Å². The largest absolute Gasteiger partial charge is 0.351 e. The molecular weight excluding hydrogens is 204 g/mol. The second-order valence-electron chi connectivity index (χ2n) is 4.71. The fraction of sp³-hybridized carbons (Fsp3) is 0.909. The predicted octanol–water partition coefficient (Wildman–Crippen LogP) is -0.175. The topological polar surface area (TPSA) is 61.6 Å². The van der Waals surface area contributed by atoms with Gasteiger partial charge in [0.1, 0.15) is 0 Å². The third-order valence-corrected chi connectivity index (χ3v) is 3.65. The van der Waals surface area contributed by atoms with Gasteiger partial charge in [-0.15, -0.1) is 0 Å². The smallest absolute Gasteiger partial charge is 0.315 e. The molecule has 0 aromatic heterocycles. The minimum atomic E-state index is -0.247. The van der Waals surface area contributed by atoms with E-state index >= 15 is 0 Å². The Hall–Kier alpha value is -0.810. The van der Waals surface area contributed by atoms with E-state index < -0.39 is 0 Å². The van der Waals surface area contributed by atoms with Crippen LogP contribution in [-0.2, 0) is 0 Å². The Bertz CT molecular complexity index is 240. The predicted molar refractivity (Wildman–Crippen MR) is 63.2 cm³/mol. The molecule has 2 heterocycles. The Kier molecular flexibility index (Phi) is 4.01. The highest BCUT2D eigenvalue weighted by Gasteiger charge is 2.27. The maximum atomic E-state index is 11.2. The first-order chi connectivity index (χ1) is 7.77. The molecule has 2 fully saturated rings. The molecule has 2 amide bonds. The summed E-state index contributed by atoms with van der Waals surface area (Å²) in [5, 5.41) is 3.34. The number of nitrogens with zero attached hydrogens (tertiary/aromatic N) is 2. The van der Waals surface area contributed by atoms with E-state index in [1.165, 1.54) is 0 Å². The van der Waals surface area contributed by atoms with E-state index in [4.69, 9.17) is 5.73 Å². The van der Waals surface area contributed by atoms with Gasteiger partial charge < -0.3 is 20.9 Å². The van der Waals surface area contributed by atoms with E-state index in [1.54, 1.807) is 0 Å². The minimum absolute atomic E-state index is 0.247. The number of urea groups is 1. The van der Waals surface area contributed by atoms with Crippen LogP contribution in [0.4, 0.5) is 4.79 Å². The van der Waals surface area contributed by atoms with Crippen LogP contribution in [0.3, 0.4) is 0 Å². The van der Waals surface area contributed by atoms with Crippen molar-refractivity contribution < 1.29 is 4.79 Å². The fourth-order valence-electron chi connectivity index (χ4n) is 2.69. The van der Waals surface area contributed by atoms with Gasteiger partial charge in [0.15, 0.2) is 0 Å². The molecule has 0 aromatic rings. The van der Waals surface area contributed by atoms with E-state index in [2.05, 4.69) is 10.2 Å². The summed E-state index contributed by atoms with van der Waals surface area (Å²) in [6.45, 7) is 6.37. The molecule has 2 aliphatic rings. The van der Waals surface area contributed by atoms with Crippen LogP contribution < -0.4 is 11.1 Å². The monoisotopic (exact) mass is 226 g/mol. The highest BCUT2D eigenvalue weighted by Crippen LogP contribution is 2.19. The number of nitrogens with two attached hydrogens (primary N) is 1. The van der Waals surface area contributed by atoms with Crippen LogP contribution in [0.5, 0.6) is 0 Å². The summed E-state index contributed by atoms with van der Waals surface area (Å²) in [7, 11) is 0. The molecule has 2 rings (SSSR count). The maximum Gasteiger partial charge on any atom is 0.315 e. The van der Waals surface area contributed by atoms with Crippen molar-refractivity contribution in [1.29, 1.82) is 0 Å². The zero-order valence-corrected chi connectivity index (χ0v) is 9.82. The lowest BCUT2D eigenvalue weighted by Crippen LogP contribution is -2.46. The van der Waals surface area contributed by atoms with Gasteiger partial charge in [-0.25, -0.2) is 4.79 Å². The summed E-state index contributed by atoms with van der Waals surface area (Å²) in [6.07, 6.45) is 3.30. The number of nitrogens with one attached hydrogen (secondary N) is 1. The molecule has 0 saturated carbocycles. The number of carbonyl (C=O) groups is 1. The number of carbonyl (C=O) groups excluding carboxylic acids is 1. The number of hydrogen-bond donors (Lipinski definition) is 2. The first-order valence-electron chi connectivity index (χ1n) is 6.26. The van der Waals surface area contributed by atoms with Gasteiger partial charge in [0.25, 0.3) is 0 Å². The van der Waals surface area contributed by atoms with E-state index in [-0.39, 0.29) is 6.03 Å². The molecule has 2 saturated heterocycles. The summed E-state index contributed by atoms with van der Waals surface area (Å²) in [4.78, 5) is 15.5. The normalized spacial score (nSPS) is 27.2. The standard InChI is InChI=1S/C11H22N4O/c12-11(16)15-6-1-2-10(15)3-7-14-8-4-13-5-9-14/h10,13H,1-9H2,(H2,12,16). The lowest BCUT2D eigenvalue weighted by atomic mass is 10.1. The molecule has 0 aromatic carbocycles. The Balaban J connectivity index is 1.73. The molecule has 5 nitrogen and oxygen atoms in total. The van der Waals surface area contributed by atoms with Crippen LogP contribution >= 0.6 is 0 Å². The molecule has 1 atom stereocenters. The van der Waals surface area contributed by atoms with Crippen LogP contribution in [0.25, 0.3) is 0 Å². The Morgan fingerprint density at radius 1 is 1.31 bits per heavy atom. The van der Waals surface area contributed by atoms with Crippen molar-refractivity contribution in [1.82, 2.24) is 15.1 Å². The van der Waals surface area contributed by atoms with E-state index in [1.807, 2.05) is 4.90 Å². The average Bonchev–Trinajstić information content (AvgIpc) is 2.76. The molecule has 0 aliphatic carbocycles. The SMILES string of the molecule is NC(=O)N1CCCC1CCN1CCNCC1. The van der Waals surface area contributed by atoms with Crippen molar-refractivity contribution >= 4 is 6.03 Å². The molecule has 92 valence electrons. The Morgan fingerprint density at radius 2 is 2.06 bits per heavy atom. The van der Waals surface area contributed by atoms with Crippen LogP contribution in [0, 0.1) is 0 Å². The van der Waals surface area contributed by atoms with Gasteiger partial charge in [-0.1, -0.05) is 0 Å². The molecule has 0 bridgehead atoms. The van der Waals surface area contributed by atoms with Crippen molar-refractivity contribution in [2.75, 3.05) is 39.3 Å². The van der Waals surface area contributed by atoms with Crippen LogP contribution in [-0.4, -0.2) is 61.1 Å². The maximum absolute atomic E-state index is 11.2. The van der Waals surface area contributed by atoms with Gasteiger partial charge in [0.2, 0.25) is 0 Å². The number of rotatable bonds is 3. The molecular formula is C11H22N4O. The molecule has 16 heavy (non-hydrogen) atoms. The van der Waals surface area contributed by atoms with Gasteiger partial charge in [-0.2, -0.15) is 0 Å². The minimum Gasteiger partial charge on any atom is -0.351 e. The molecule has 0 spiro atoms. The van der Waals surface area contributed by atoms with Gasteiger partial charge in [-0.05, 0) is 19.3 Å². The quantitative estimate of drug-likeness (QED) is 0.702. The first kappa shape index (κ1) is 11.7. The molecule has 0 radical (unpaired) electrons. The zero-order valence-electron chi connectivity index (χ0n) is 9.82. The Labute approximate surface area is 96.9 Å². The molecule has 2 aliphatic heterocycles. The number of piperazine rings is 1. The molecule has 1 unspecified atom stereocenters. The number of hydrogen-bond acceptors (Lipinski definition) is 3. The summed E-state index contributed by atoms with van der Waals surface area (Å²) >= 11 is 0. The van der Waals surface area contributed by atoms with Crippen molar-refractivity contribution in [3.05, 3.63) is 0 Å². The summed E-state index contributed by atoms with van der Waals surface area (Å²) in [6, 6.07) is 0.134. The van der Waals surface area contributed by atoms with Crippen LogP contribution in [0.15, 0.2) is 0 Å². The van der Waals surface area contributed by atoms with Crippen molar-refractivity contribution in [3.8, 4) is 0 Å². The lowest BCUT2D eigenvalue weighted by Gasteiger charge is -2.30. The number of likely N-dealkylation sites (tertiary alicyclic amines) is 1. The number of primary amides is 1. The summed E-state index contributed by atoms with van der Waals surface area (Å²) in [5.41, 5.74) is 5.36. The third-order valence-electron chi connectivity index (χ3n) is 3.65. The van der Waals surface area contributed by atoms with E-state index in [0.29, 0.717) is 6.04 Å². The fourth-order valence-corrected chi connectivity index (χ4v) is 2.69. The zero-order chi connectivity index (χ0) is 11.4. The van der Waals surface area contributed by atoms with Gasteiger partial charge >= 0.3 is 6.03 Å². The highest BCUT2D eigenvalue weighted by molar-refractivity contribution is 5.72. The number of amides is 2. The average molecular weight is 226 g/mol. The lowest BCUT2D eigenvalue weighted by molar-refractivity contribution is 0.183. The summed E-state index contributed by atoms with van der Waals surface area (Å²) in [5.74, 6) is 0. The first-order valence-corrected chi connectivity index (χ1v) is 6.26. The van der Waals surface area contributed by atoms with Crippen LogP contribution in [0.2, 0.25) is 0 Å². The van der Waals surface area contributed by atoms with Gasteiger partial charge in [0, 0.05) is 45.3 Å². The highest BCUT2D eigenvalue weighted by atomic mass is 16.2. The van der Waals surface area contributed by atoms with Gasteiger partial charge in [-0.3, -0.25) is 0 Å².